The Morgan fingerprint density at radius 3 is 2.53 bits per heavy atom. The summed E-state index contributed by atoms with van der Waals surface area (Å²) >= 11 is -1.39. The van der Waals surface area contributed by atoms with Crippen LogP contribution in [0.15, 0.2) is 0 Å². The fraction of sp³-hybridized carbons (Fsp3) is 0.900. The van der Waals surface area contributed by atoms with E-state index in [1.807, 2.05) is 0 Å². The molecule has 0 bridgehead atoms. The van der Waals surface area contributed by atoms with Gasteiger partial charge in [-0.05, 0) is 27.2 Å². The van der Waals surface area contributed by atoms with E-state index in [1.54, 1.807) is 20.8 Å². The molecule has 0 aromatic carbocycles. The maximum Gasteiger partial charge on any atom is 0.364 e. The normalized spacial score (nSPS) is 13.7. The third-order valence-electron chi connectivity index (χ3n) is 1.99. The van der Waals surface area contributed by atoms with Crippen LogP contribution in [0.2, 0.25) is 0 Å². The lowest BCUT2D eigenvalue weighted by molar-refractivity contribution is -0.145. The first-order valence-corrected chi connectivity index (χ1v) is 6.44. The van der Waals surface area contributed by atoms with Gasteiger partial charge in [0.05, 0.1) is 18.0 Å². The monoisotopic (exact) mass is 235 g/mol. The Morgan fingerprint density at radius 2 is 2.07 bits per heavy atom. The third-order valence-corrected chi connectivity index (χ3v) is 3.55. The summed E-state index contributed by atoms with van der Waals surface area (Å²) in [5.41, 5.74) is 0. The predicted octanol–water partition coefficient (Wildman–Crippen LogP) is 1.38. The second-order valence-electron chi connectivity index (χ2n) is 3.75. The maximum absolute atomic E-state index is 11.8. The highest BCUT2D eigenvalue weighted by atomic mass is 32.2. The number of rotatable bonds is 7. The Kier molecular flexibility index (Phi) is 6.96. The fourth-order valence-electron chi connectivity index (χ4n) is 0.903. The first kappa shape index (κ1) is 14.7. The van der Waals surface area contributed by atoms with E-state index in [1.165, 1.54) is 0 Å². The van der Waals surface area contributed by atoms with Crippen molar-refractivity contribution in [1.82, 2.24) is 4.72 Å². The van der Waals surface area contributed by atoms with Crippen molar-refractivity contribution in [3.05, 3.63) is 0 Å². The molecule has 0 fully saturated rings. The minimum absolute atomic E-state index is 0.314. The standard InChI is InChI=1S/C10H21NO3S/c1-5-7-8-11-15(13)10(3,4)9(12)14-6-2/h11H,5-8H2,1-4H3. The fourth-order valence-corrected chi connectivity index (χ4v) is 1.80. The number of esters is 1. The minimum Gasteiger partial charge on any atom is -0.597 e. The molecular formula is C10H21NO3S. The van der Waals surface area contributed by atoms with Gasteiger partial charge in [-0.2, -0.15) is 0 Å². The second kappa shape index (κ2) is 7.09. The molecule has 1 atom stereocenters. The lowest BCUT2D eigenvalue weighted by Crippen LogP contribution is -2.48. The van der Waals surface area contributed by atoms with Gasteiger partial charge in [-0.15, -0.1) is 4.72 Å². The molecule has 0 heterocycles. The molecule has 0 rings (SSSR count). The molecule has 1 N–H and O–H groups in total. The van der Waals surface area contributed by atoms with E-state index < -0.39 is 22.1 Å². The minimum atomic E-state index is -1.39. The highest BCUT2D eigenvalue weighted by Gasteiger charge is 2.42. The van der Waals surface area contributed by atoms with Crippen molar-refractivity contribution < 1.29 is 14.1 Å². The quantitative estimate of drug-likeness (QED) is 0.411. The predicted molar refractivity (Wildman–Crippen MR) is 61.8 cm³/mol. The van der Waals surface area contributed by atoms with Crippen LogP contribution in [-0.2, 0) is 20.9 Å². The molecule has 0 aliphatic carbocycles. The van der Waals surface area contributed by atoms with Gasteiger partial charge in [-0.1, -0.05) is 13.3 Å². The van der Waals surface area contributed by atoms with Crippen LogP contribution >= 0.6 is 0 Å². The number of hydrogen-bond acceptors (Lipinski definition) is 4. The summed E-state index contributed by atoms with van der Waals surface area (Å²) in [6.07, 6.45) is 1.98. The van der Waals surface area contributed by atoms with Crippen molar-refractivity contribution in [2.24, 2.45) is 0 Å². The number of nitrogens with one attached hydrogen (secondary N) is 1. The van der Waals surface area contributed by atoms with Crippen LogP contribution in [0.5, 0.6) is 0 Å². The van der Waals surface area contributed by atoms with Crippen molar-refractivity contribution in [3.8, 4) is 0 Å². The topological polar surface area (TPSA) is 61.4 Å². The van der Waals surface area contributed by atoms with E-state index >= 15 is 0 Å². The van der Waals surface area contributed by atoms with E-state index in [0.29, 0.717) is 13.2 Å². The van der Waals surface area contributed by atoms with Crippen molar-refractivity contribution in [2.75, 3.05) is 13.2 Å². The molecule has 0 saturated heterocycles. The maximum atomic E-state index is 11.8. The molecule has 0 saturated carbocycles. The molecule has 4 nitrogen and oxygen atoms in total. The van der Waals surface area contributed by atoms with Gasteiger partial charge in [-0.3, -0.25) is 0 Å². The van der Waals surface area contributed by atoms with Gasteiger partial charge in [0.15, 0.2) is 0 Å². The summed E-state index contributed by atoms with van der Waals surface area (Å²) in [7, 11) is 0. The van der Waals surface area contributed by atoms with Gasteiger partial charge in [0.25, 0.3) is 0 Å². The van der Waals surface area contributed by atoms with Crippen molar-refractivity contribution in [3.63, 3.8) is 0 Å². The van der Waals surface area contributed by atoms with Gasteiger partial charge in [-0.25, -0.2) is 4.79 Å². The van der Waals surface area contributed by atoms with Crippen molar-refractivity contribution >= 4 is 17.3 Å². The molecule has 0 aromatic rings. The molecule has 90 valence electrons. The molecule has 0 aliphatic rings. The molecule has 0 spiro atoms. The Labute approximate surface area is 95.1 Å². The summed E-state index contributed by atoms with van der Waals surface area (Å²) in [6, 6.07) is 0. The Balaban J connectivity index is 4.12. The molecule has 15 heavy (non-hydrogen) atoms. The van der Waals surface area contributed by atoms with Crippen LogP contribution in [-0.4, -0.2) is 28.4 Å². The highest BCUT2D eigenvalue weighted by molar-refractivity contribution is 7.91. The van der Waals surface area contributed by atoms with Gasteiger partial charge in [0.2, 0.25) is 4.75 Å². The number of unbranched alkanes of at least 4 members (excludes halogenated alkanes) is 1. The lowest BCUT2D eigenvalue weighted by atomic mass is 10.2. The summed E-state index contributed by atoms with van der Waals surface area (Å²) in [4.78, 5) is 11.5. The SMILES string of the molecule is CCCCN[S+]([O-])C(C)(C)C(=O)OCC. The molecular weight excluding hydrogens is 214 g/mol. The second-order valence-corrected chi connectivity index (χ2v) is 5.59. The van der Waals surface area contributed by atoms with Gasteiger partial charge in [0, 0.05) is 6.54 Å². The molecule has 1 unspecified atom stereocenters. The largest absolute Gasteiger partial charge is 0.597 e. The van der Waals surface area contributed by atoms with E-state index in [2.05, 4.69) is 11.6 Å². The zero-order valence-corrected chi connectivity index (χ0v) is 10.8. The van der Waals surface area contributed by atoms with Crippen LogP contribution < -0.4 is 4.72 Å². The van der Waals surface area contributed by atoms with E-state index in [9.17, 15) is 9.35 Å². The molecule has 0 aromatic heterocycles. The van der Waals surface area contributed by atoms with Crippen molar-refractivity contribution in [1.29, 1.82) is 0 Å². The molecule has 0 amide bonds. The average molecular weight is 235 g/mol. The third kappa shape index (κ3) is 4.86. The Morgan fingerprint density at radius 1 is 1.47 bits per heavy atom. The number of hydrogen-bond donors (Lipinski definition) is 1. The van der Waals surface area contributed by atoms with Crippen LogP contribution in [0.1, 0.15) is 40.5 Å². The number of carbonyl (C=O) groups excluding carboxylic acids is 1. The van der Waals surface area contributed by atoms with Crippen molar-refractivity contribution in [2.45, 2.75) is 45.3 Å². The molecule has 0 radical (unpaired) electrons. The number of ether oxygens (including phenoxy) is 1. The Bertz CT molecular complexity index is 197. The summed E-state index contributed by atoms with van der Waals surface area (Å²) in [5.74, 6) is -0.424. The summed E-state index contributed by atoms with van der Waals surface area (Å²) < 4.78 is 18.5. The van der Waals surface area contributed by atoms with Crippen LogP contribution in [0, 0.1) is 0 Å². The Hall–Kier alpha value is -0.260. The molecule has 5 heteroatoms. The zero-order chi connectivity index (χ0) is 11.9. The van der Waals surface area contributed by atoms with E-state index in [4.69, 9.17) is 4.74 Å². The smallest absolute Gasteiger partial charge is 0.364 e. The highest BCUT2D eigenvalue weighted by Crippen LogP contribution is 2.17. The average Bonchev–Trinajstić information content (AvgIpc) is 2.18. The summed E-state index contributed by atoms with van der Waals surface area (Å²) in [5, 5.41) is 0. The molecule has 0 aliphatic heterocycles. The first-order valence-electron chi connectivity index (χ1n) is 5.29. The van der Waals surface area contributed by atoms with Gasteiger partial charge < -0.3 is 9.29 Å². The van der Waals surface area contributed by atoms with Crippen LogP contribution in [0.3, 0.4) is 0 Å². The van der Waals surface area contributed by atoms with E-state index in [0.717, 1.165) is 12.8 Å². The summed E-state index contributed by atoms with van der Waals surface area (Å²) in [6.45, 7) is 8.02. The van der Waals surface area contributed by atoms with Crippen LogP contribution in [0.4, 0.5) is 0 Å². The first-order chi connectivity index (χ1) is 6.96. The zero-order valence-electron chi connectivity index (χ0n) is 9.96. The van der Waals surface area contributed by atoms with Crippen LogP contribution in [0.25, 0.3) is 0 Å². The lowest BCUT2D eigenvalue weighted by Gasteiger charge is -2.25. The van der Waals surface area contributed by atoms with E-state index in [-0.39, 0.29) is 0 Å². The van der Waals surface area contributed by atoms with Gasteiger partial charge >= 0.3 is 5.97 Å². The van der Waals surface area contributed by atoms with Gasteiger partial charge in [0.1, 0.15) is 0 Å². The number of carbonyl (C=O) groups is 1.